The fourth-order valence-electron chi connectivity index (χ4n) is 2.95. The van der Waals surface area contributed by atoms with Gasteiger partial charge in [0.2, 0.25) is 0 Å². The lowest BCUT2D eigenvalue weighted by Gasteiger charge is -2.09. The second kappa shape index (κ2) is 9.23. The van der Waals surface area contributed by atoms with Gasteiger partial charge in [-0.3, -0.25) is 4.79 Å². The summed E-state index contributed by atoms with van der Waals surface area (Å²) in [4.78, 5) is 29.9. The Morgan fingerprint density at radius 3 is 1.84 bits per heavy atom. The molecule has 4 rings (SSSR count). The van der Waals surface area contributed by atoms with Gasteiger partial charge in [-0.05, 0) is 43.3 Å². The number of aryl methyl sites for hydroxylation is 1. The lowest BCUT2D eigenvalue weighted by atomic mass is 10.2. The minimum Gasteiger partial charge on any atom is -0.321 e. The highest BCUT2D eigenvalue weighted by molar-refractivity contribution is 7.17. The van der Waals surface area contributed by atoms with Crippen LogP contribution in [-0.4, -0.2) is 16.9 Å². The molecule has 0 spiro atoms. The molecule has 3 amide bonds. The predicted octanol–water partition coefficient (Wildman–Crippen LogP) is 6.01. The van der Waals surface area contributed by atoms with Crippen LogP contribution in [0.2, 0.25) is 0 Å². The molecular formula is C24H20N4O2S. The van der Waals surface area contributed by atoms with Crippen molar-refractivity contribution in [3.05, 3.63) is 95.5 Å². The maximum absolute atomic E-state index is 12.7. The van der Waals surface area contributed by atoms with Crippen LogP contribution in [0.4, 0.5) is 21.9 Å². The van der Waals surface area contributed by atoms with Crippen molar-refractivity contribution in [2.45, 2.75) is 6.92 Å². The predicted molar refractivity (Wildman–Crippen MR) is 126 cm³/mol. The number of urea groups is 1. The number of nitrogens with zero attached hydrogens (tertiary/aromatic N) is 1. The van der Waals surface area contributed by atoms with Crippen LogP contribution < -0.4 is 16.0 Å². The summed E-state index contributed by atoms with van der Waals surface area (Å²) in [6, 6.07) is 25.6. The number of carbonyl (C=O) groups excluding carboxylic acids is 2. The Bertz CT molecular complexity index is 1190. The van der Waals surface area contributed by atoms with Crippen molar-refractivity contribution in [1.82, 2.24) is 4.98 Å². The van der Waals surface area contributed by atoms with Crippen LogP contribution >= 0.6 is 11.3 Å². The third-order valence-corrected chi connectivity index (χ3v) is 5.66. The summed E-state index contributed by atoms with van der Waals surface area (Å²) in [7, 11) is 0. The monoisotopic (exact) mass is 428 g/mol. The molecule has 4 aromatic rings. The number of benzene rings is 3. The third-order valence-electron chi connectivity index (χ3n) is 4.46. The second-order valence-electron chi connectivity index (χ2n) is 6.78. The SMILES string of the molecule is Cc1nc(-c2ccccc2)sc1C(=O)Nc1ccc(NC(=O)Nc2ccccc2)cc1. The minimum atomic E-state index is -0.336. The molecule has 0 atom stereocenters. The van der Waals surface area contributed by atoms with Crippen molar-refractivity contribution in [2.75, 3.05) is 16.0 Å². The number of hydrogen-bond donors (Lipinski definition) is 3. The van der Waals surface area contributed by atoms with Crippen LogP contribution in [0.5, 0.6) is 0 Å². The number of aromatic nitrogens is 1. The molecule has 0 unspecified atom stereocenters. The summed E-state index contributed by atoms with van der Waals surface area (Å²) in [5.74, 6) is -0.209. The molecule has 3 N–H and O–H groups in total. The first-order valence-electron chi connectivity index (χ1n) is 9.66. The first kappa shape index (κ1) is 20.3. The molecule has 7 heteroatoms. The van der Waals surface area contributed by atoms with Crippen LogP contribution in [-0.2, 0) is 0 Å². The van der Waals surface area contributed by atoms with E-state index in [2.05, 4.69) is 20.9 Å². The molecule has 1 aromatic heterocycles. The van der Waals surface area contributed by atoms with Gasteiger partial charge in [0.1, 0.15) is 9.88 Å². The van der Waals surface area contributed by atoms with Crippen LogP contribution in [0.25, 0.3) is 10.6 Å². The Morgan fingerprint density at radius 2 is 1.23 bits per heavy atom. The van der Waals surface area contributed by atoms with Gasteiger partial charge in [-0.15, -0.1) is 11.3 Å². The number of carbonyl (C=O) groups is 2. The Kier molecular flexibility index (Phi) is 6.05. The van der Waals surface area contributed by atoms with E-state index in [1.165, 1.54) is 11.3 Å². The number of para-hydroxylation sites is 1. The number of amides is 3. The molecule has 0 saturated heterocycles. The van der Waals surface area contributed by atoms with Crippen molar-refractivity contribution in [2.24, 2.45) is 0 Å². The molecule has 154 valence electrons. The zero-order chi connectivity index (χ0) is 21.6. The lowest BCUT2D eigenvalue weighted by molar-refractivity contribution is 0.103. The van der Waals surface area contributed by atoms with Gasteiger partial charge in [0.25, 0.3) is 5.91 Å². The highest BCUT2D eigenvalue weighted by Gasteiger charge is 2.16. The lowest BCUT2D eigenvalue weighted by Crippen LogP contribution is -2.19. The molecule has 0 fully saturated rings. The minimum absolute atomic E-state index is 0.209. The zero-order valence-electron chi connectivity index (χ0n) is 16.8. The Balaban J connectivity index is 1.38. The van der Waals surface area contributed by atoms with E-state index in [0.717, 1.165) is 10.6 Å². The molecule has 6 nitrogen and oxygen atoms in total. The molecule has 0 saturated carbocycles. The van der Waals surface area contributed by atoms with Gasteiger partial charge in [-0.25, -0.2) is 9.78 Å². The van der Waals surface area contributed by atoms with E-state index in [9.17, 15) is 9.59 Å². The fourth-order valence-corrected chi connectivity index (χ4v) is 3.92. The molecule has 0 aliphatic rings. The third kappa shape index (κ3) is 5.15. The largest absolute Gasteiger partial charge is 0.323 e. The molecule has 3 aromatic carbocycles. The van der Waals surface area contributed by atoms with E-state index in [1.54, 1.807) is 24.3 Å². The Hall–Kier alpha value is -3.97. The van der Waals surface area contributed by atoms with E-state index in [-0.39, 0.29) is 11.9 Å². The zero-order valence-corrected chi connectivity index (χ0v) is 17.6. The highest BCUT2D eigenvalue weighted by atomic mass is 32.1. The summed E-state index contributed by atoms with van der Waals surface area (Å²) < 4.78 is 0. The molecule has 0 radical (unpaired) electrons. The Labute approximate surface area is 184 Å². The topological polar surface area (TPSA) is 83.1 Å². The number of nitrogens with one attached hydrogen (secondary N) is 3. The normalized spacial score (nSPS) is 10.4. The van der Waals surface area contributed by atoms with E-state index < -0.39 is 0 Å². The smallest absolute Gasteiger partial charge is 0.321 e. The van der Waals surface area contributed by atoms with Crippen LogP contribution in [0.1, 0.15) is 15.4 Å². The summed E-state index contributed by atoms with van der Waals surface area (Å²) in [5, 5.41) is 9.22. The average molecular weight is 429 g/mol. The quantitative estimate of drug-likeness (QED) is 0.364. The van der Waals surface area contributed by atoms with Gasteiger partial charge >= 0.3 is 6.03 Å². The van der Waals surface area contributed by atoms with E-state index in [1.807, 2.05) is 67.6 Å². The summed E-state index contributed by atoms with van der Waals surface area (Å²) in [6.45, 7) is 1.83. The number of anilines is 3. The van der Waals surface area contributed by atoms with Crippen molar-refractivity contribution < 1.29 is 9.59 Å². The van der Waals surface area contributed by atoms with Crippen molar-refractivity contribution in [1.29, 1.82) is 0 Å². The van der Waals surface area contributed by atoms with Gasteiger partial charge in [-0.1, -0.05) is 48.5 Å². The van der Waals surface area contributed by atoms with Crippen LogP contribution in [0, 0.1) is 6.92 Å². The maximum Gasteiger partial charge on any atom is 0.323 e. The van der Waals surface area contributed by atoms with Crippen molar-refractivity contribution in [3.8, 4) is 10.6 Å². The highest BCUT2D eigenvalue weighted by Crippen LogP contribution is 2.28. The van der Waals surface area contributed by atoms with Gasteiger partial charge < -0.3 is 16.0 Å². The van der Waals surface area contributed by atoms with E-state index in [4.69, 9.17) is 0 Å². The first-order chi connectivity index (χ1) is 15.1. The average Bonchev–Trinajstić information content (AvgIpc) is 3.18. The van der Waals surface area contributed by atoms with Crippen molar-refractivity contribution in [3.63, 3.8) is 0 Å². The van der Waals surface area contributed by atoms with Gasteiger partial charge in [0, 0.05) is 22.6 Å². The summed E-state index contributed by atoms with van der Waals surface area (Å²) >= 11 is 1.36. The number of thiazole rings is 1. The summed E-state index contributed by atoms with van der Waals surface area (Å²) in [6.07, 6.45) is 0. The van der Waals surface area contributed by atoms with E-state index >= 15 is 0 Å². The standard InChI is InChI=1S/C24H20N4O2S/c1-16-21(31-23(25-16)17-8-4-2-5-9-17)22(29)26-19-12-14-20(15-13-19)28-24(30)27-18-10-6-3-7-11-18/h2-15H,1H3,(H,26,29)(H2,27,28,30). The van der Waals surface area contributed by atoms with E-state index in [0.29, 0.717) is 27.6 Å². The van der Waals surface area contributed by atoms with Crippen molar-refractivity contribution >= 4 is 40.3 Å². The fraction of sp³-hybridized carbons (Fsp3) is 0.0417. The molecule has 31 heavy (non-hydrogen) atoms. The second-order valence-corrected chi connectivity index (χ2v) is 7.78. The Morgan fingerprint density at radius 1 is 0.710 bits per heavy atom. The number of rotatable bonds is 5. The van der Waals surface area contributed by atoms with Gasteiger partial charge in [-0.2, -0.15) is 0 Å². The van der Waals surface area contributed by atoms with Gasteiger partial charge in [0.05, 0.1) is 5.69 Å². The molecule has 1 heterocycles. The first-order valence-corrected chi connectivity index (χ1v) is 10.5. The molecule has 0 bridgehead atoms. The van der Waals surface area contributed by atoms with Crippen LogP contribution in [0.3, 0.4) is 0 Å². The van der Waals surface area contributed by atoms with Gasteiger partial charge in [0.15, 0.2) is 0 Å². The molecule has 0 aliphatic heterocycles. The number of hydrogen-bond acceptors (Lipinski definition) is 4. The molecular weight excluding hydrogens is 408 g/mol. The maximum atomic E-state index is 12.7. The van der Waals surface area contributed by atoms with Crippen LogP contribution in [0.15, 0.2) is 84.9 Å². The summed E-state index contributed by atoms with van der Waals surface area (Å²) in [5.41, 5.74) is 3.63. The molecule has 0 aliphatic carbocycles.